The predicted molar refractivity (Wildman–Crippen MR) is 114 cm³/mol. The maximum absolute atomic E-state index is 14.1. The van der Waals surface area contributed by atoms with E-state index in [1.165, 1.54) is 0 Å². The number of ketones is 1. The summed E-state index contributed by atoms with van der Waals surface area (Å²) in [5, 5.41) is 1.71. The second kappa shape index (κ2) is 8.09. The SMILES string of the molecule is O=C(CS1(OS(=O)(=O)c2ccc(F)cc2F)CCCC1)c1cccc2ccccc12. The summed E-state index contributed by atoms with van der Waals surface area (Å²) in [7, 11) is -6.78. The molecule has 0 aromatic heterocycles. The monoisotopic (exact) mass is 450 g/mol. The average molecular weight is 451 g/mol. The first kappa shape index (κ1) is 21.0. The molecule has 1 aliphatic heterocycles. The van der Waals surface area contributed by atoms with Gasteiger partial charge in [-0.05, 0) is 35.7 Å². The van der Waals surface area contributed by atoms with Crippen molar-refractivity contribution in [3.63, 3.8) is 0 Å². The molecule has 4 nitrogen and oxygen atoms in total. The van der Waals surface area contributed by atoms with Crippen LogP contribution in [0.25, 0.3) is 10.8 Å². The summed E-state index contributed by atoms with van der Waals surface area (Å²) < 4.78 is 58.4. The summed E-state index contributed by atoms with van der Waals surface area (Å²) in [6, 6.07) is 15.1. The molecule has 1 saturated heterocycles. The van der Waals surface area contributed by atoms with Crippen molar-refractivity contribution < 1.29 is 25.6 Å². The van der Waals surface area contributed by atoms with Gasteiger partial charge in [0.15, 0.2) is 5.78 Å². The summed E-state index contributed by atoms with van der Waals surface area (Å²) in [4.78, 5) is 12.5. The highest BCUT2D eigenvalue weighted by molar-refractivity contribution is 8.33. The van der Waals surface area contributed by atoms with Crippen molar-refractivity contribution >= 4 is 37.0 Å². The molecule has 0 N–H and O–H groups in total. The summed E-state index contributed by atoms with van der Waals surface area (Å²) in [6.45, 7) is 0. The number of hydrogen-bond donors (Lipinski definition) is 0. The molecule has 3 aromatic carbocycles. The van der Waals surface area contributed by atoms with Crippen molar-refractivity contribution in [3.05, 3.63) is 77.9 Å². The molecule has 30 heavy (non-hydrogen) atoms. The first-order valence-electron chi connectivity index (χ1n) is 9.48. The second-order valence-corrected chi connectivity index (χ2v) is 12.2. The number of Topliss-reactive ketones (excluding diaryl/α,β-unsaturated/α-hetero) is 1. The van der Waals surface area contributed by atoms with Crippen molar-refractivity contribution in [2.24, 2.45) is 0 Å². The molecule has 0 amide bonds. The van der Waals surface area contributed by atoms with E-state index in [2.05, 4.69) is 0 Å². The summed E-state index contributed by atoms with van der Waals surface area (Å²) >= 11 is 0. The number of benzene rings is 3. The van der Waals surface area contributed by atoms with Gasteiger partial charge in [-0.15, -0.1) is 10.3 Å². The largest absolute Gasteiger partial charge is 0.309 e. The lowest BCUT2D eigenvalue weighted by Gasteiger charge is -2.33. The fraction of sp³-hybridized carbons (Fsp3) is 0.227. The van der Waals surface area contributed by atoms with E-state index < -0.39 is 37.0 Å². The smallest absolute Gasteiger partial charge is 0.293 e. The van der Waals surface area contributed by atoms with E-state index in [1.54, 1.807) is 12.1 Å². The Bertz CT molecular complexity index is 1210. The van der Waals surface area contributed by atoms with Crippen LogP contribution < -0.4 is 0 Å². The van der Waals surface area contributed by atoms with Crippen LogP contribution in [0.3, 0.4) is 0 Å². The Morgan fingerprint density at radius 3 is 2.40 bits per heavy atom. The van der Waals surface area contributed by atoms with Gasteiger partial charge in [-0.1, -0.05) is 42.5 Å². The van der Waals surface area contributed by atoms with Gasteiger partial charge in [-0.2, -0.15) is 8.42 Å². The fourth-order valence-electron chi connectivity index (χ4n) is 3.76. The first-order chi connectivity index (χ1) is 14.3. The van der Waals surface area contributed by atoms with E-state index in [9.17, 15) is 22.0 Å². The normalized spacial score (nSPS) is 17.1. The van der Waals surface area contributed by atoms with Gasteiger partial charge in [0.05, 0.1) is 5.75 Å². The average Bonchev–Trinajstić information content (AvgIpc) is 3.14. The standard InChI is InChI=1S/C22H20F2O4S2/c23-17-10-11-22(20(24)14-17)30(26,27)28-29(12-3-4-13-29)15-21(25)19-9-5-7-16-6-1-2-8-18(16)19/h1-2,5-11,14H,3-4,12-13,15H2. The molecule has 1 aliphatic rings. The van der Waals surface area contributed by atoms with E-state index in [1.807, 2.05) is 30.3 Å². The number of fused-ring (bicyclic) bond motifs is 1. The van der Waals surface area contributed by atoms with Crippen LogP contribution in [-0.2, 0) is 13.7 Å². The van der Waals surface area contributed by atoms with Gasteiger partial charge < -0.3 is 0 Å². The quantitative estimate of drug-likeness (QED) is 0.483. The van der Waals surface area contributed by atoms with Crippen molar-refractivity contribution in [3.8, 4) is 0 Å². The molecule has 0 spiro atoms. The Labute approximate surface area is 175 Å². The van der Waals surface area contributed by atoms with E-state index in [0.29, 0.717) is 23.1 Å². The van der Waals surface area contributed by atoms with Crippen molar-refractivity contribution in [1.29, 1.82) is 0 Å². The topological polar surface area (TPSA) is 60.4 Å². The van der Waals surface area contributed by atoms with Crippen LogP contribution >= 0.6 is 10.3 Å². The van der Waals surface area contributed by atoms with Gasteiger partial charge in [0, 0.05) is 23.1 Å². The lowest BCUT2D eigenvalue weighted by Crippen LogP contribution is -2.22. The van der Waals surface area contributed by atoms with Crippen LogP contribution in [0, 0.1) is 11.6 Å². The van der Waals surface area contributed by atoms with E-state index in [4.69, 9.17) is 3.63 Å². The van der Waals surface area contributed by atoms with E-state index >= 15 is 0 Å². The molecule has 0 bridgehead atoms. The molecule has 4 rings (SSSR count). The van der Waals surface area contributed by atoms with Crippen LogP contribution in [0.4, 0.5) is 8.78 Å². The molecular formula is C22H20F2O4S2. The van der Waals surface area contributed by atoms with Crippen molar-refractivity contribution in [1.82, 2.24) is 0 Å². The Morgan fingerprint density at radius 2 is 1.67 bits per heavy atom. The van der Waals surface area contributed by atoms with Gasteiger partial charge in [0.2, 0.25) is 0 Å². The molecule has 0 aliphatic carbocycles. The maximum atomic E-state index is 14.1. The lowest BCUT2D eigenvalue weighted by molar-refractivity contribution is 0.102. The zero-order chi connectivity index (χ0) is 21.4. The highest BCUT2D eigenvalue weighted by Gasteiger charge is 2.38. The summed E-state index contributed by atoms with van der Waals surface area (Å²) in [5.74, 6) is -1.43. The van der Waals surface area contributed by atoms with Crippen LogP contribution in [0.1, 0.15) is 23.2 Å². The molecule has 0 radical (unpaired) electrons. The maximum Gasteiger partial charge on any atom is 0.309 e. The highest BCUT2D eigenvalue weighted by Crippen LogP contribution is 2.57. The molecule has 8 heteroatoms. The number of carbonyl (C=O) groups excluding carboxylic acids is 1. The molecule has 3 aromatic rings. The number of carbonyl (C=O) groups is 1. The van der Waals surface area contributed by atoms with Crippen LogP contribution in [-0.4, -0.2) is 31.5 Å². The van der Waals surface area contributed by atoms with Gasteiger partial charge in [0.1, 0.15) is 16.5 Å². The van der Waals surface area contributed by atoms with Crippen LogP contribution in [0.15, 0.2) is 65.6 Å². The number of rotatable bonds is 6. The zero-order valence-corrected chi connectivity index (χ0v) is 17.6. The summed E-state index contributed by atoms with van der Waals surface area (Å²) in [5.41, 5.74) is 0.515. The lowest BCUT2D eigenvalue weighted by atomic mass is 10.0. The van der Waals surface area contributed by atoms with E-state index in [0.717, 1.165) is 35.7 Å². The van der Waals surface area contributed by atoms with E-state index in [-0.39, 0.29) is 11.5 Å². The Morgan fingerprint density at radius 1 is 0.967 bits per heavy atom. The molecule has 0 unspecified atom stereocenters. The third-order valence-corrected chi connectivity index (χ3v) is 10.8. The zero-order valence-electron chi connectivity index (χ0n) is 16.0. The molecule has 1 fully saturated rings. The van der Waals surface area contributed by atoms with Gasteiger partial charge in [0.25, 0.3) is 0 Å². The Balaban J connectivity index is 1.65. The van der Waals surface area contributed by atoms with Crippen molar-refractivity contribution in [2.75, 3.05) is 17.3 Å². The van der Waals surface area contributed by atoms with Gasteiger partial charge in [-0.3, -0.25) is 4.79 Å². The van der Waals surface area contributed by atoms with Crippen LogP contribution in [0.2, 0.25) is 0 Å². The fourth-order valence-corrected chi connectivity index (χ4v) is 9.43. The van der Waals surface area contributed by atoms with Crippen molar-refractivity contribution in [2.45, 2.75) is 17.7 Å². The predicted octanol–water partition coefficient (Wildman–Crippen LogP) is 5.22. The molecule has 158 valence electrons. The molecule has 0 saturated carbocycles. The third kappa shape index (κ3) is 4.12. The van der Waals surface area contributed by atoms with Crippen LogP contribution in [0.5, 0.6) is 0 Å². The minimum Gasteiger partial charge on any atom is -0.293 e. The molecule has 0 atom stereocenters. The number of halogens is 2. The minimum atomic E-state index is -4.48. The van der Waals surface area contributed by atoms with Gasteiger partial charge in [-0.25, -0.2) is 12.4 Å². The first-order valence-corrected chi connectivity index (χ1v) is 13.0. The Hall–Kier alpha value is -2.29. The highest BCUT2D eigenvalue weighted by atomic mass is 32.3. The second-order valence-electron chi connectivity index (χ2n) is 7.27. The third-order valence-electron chi connectivity index (χ3n) is 5.16. The molecular weight excluding hydrogens is 430 g/mol. The Kier molecular flexibility index (Phi) is 5.65. The molecule has 1 heterocycles. The number of hydrogen-bond acceptors (Lipinski definition) is 4. The van der Waals surface area contributed by atoms with Gasteiger partial charge >= 0.3 is 10.1 Å². The minimum absolute atomic E-state index is 0.0525. The summed E-state index contributed by atoms with van der Waals surface area (Å²) in [6.07, 6.45) is 1.47.